The molecule has 1 fully saturated rings. The Kier molecular flexibility index (Phi) is 3.08. The predicted molar refractivity (Wildman–Crippen MR) is 43.0 cm³/mol. The van der Waals surface area contributed by atoms with E-state index in [-0.39, 0.29) is 18.2 Å². The number of carbonyl (C=O) groups excluding carboxylic acids is 1. The van der Waals surface area contributed by atoms with E-state index in [1.165, 1.54) is 0 Å². The molecule has 4 heteroatoms. The van der Waals surface area contributed by atoms with Crippen LogP contribution in [0.5, 0.6) is 0 Å². The number of hydrogen-bond acceptors (Lipinski definition) is 2. The number of rotatable bonds is 2. The molecule has 1 unspecified atom stereocenters. The van der Waals surface area contributed by atoms with Crippen LogP contribution >= 0.6 is 0 Å². The Morgan fingerprint density at radius 2 is 2.33 bits per heavy atom. The van der Waals surface area contributed by atoms with Crippen LogP contribution < -0.4 is 5.32 Å². The maximum absolute atomic E-state index is 11.2. The number of ketones is 1. The second kappa shape index (κ2) is 4.09. The normalized spacial score (nSPS) is 23.7. The fraction of sp³-hybridized carbons (Fsp3) is 0.750. The van der Waals surface area contributed by atoms with E-state index in [1.807, 2.05) is 0 Å². The SMILES string of the molecule is O=C(O)NCC1CCCCC1=O. The molecule has 0 saturated heterocycles. The summed E-state index contributed by atoms with van der Waals surface area (Å²) in [5.41, 5.74) is 0. The van der Waals surface area contributed by atoms with Gasteiger partial charge in [-0.2, -0.15) is 0 Å². The molecule has 0 bridgehead atoms. The number of hydrogen-bond donors (Lipinski definition) is 2. The van der Waals surface area contributed by atoms with Gasteiger partial charge in [0, 0.05) is 18.9 Å². The minimum Gasteiger partial charge on any atom is -0.465 e. The van der Waals surface area contributed by atoms with Gasteiger partial charge in [-0.15, -0.1) is 0 Å². The van der Waals surface area contributed by atoms with Crippen LogP contribution in [0.25, 0.3) is 0 Å². The Morgan fingerprint density at radius 3 is 2.92 bits per heavy atom. The molecule has 1 rings (SSSR count). The maximum atomic E-state index is 11.2. The highest BCUT2D eigenvalue weighted by atomic mass is 16.4. The Balaban J connectivity index is 2.29. The highest BCUT2D eigenvalue weighted by Gasteiger charge is 2.21. The number of carbonyl (C=O) groups is 2. The maximum Gasteiger partial charge on any atom is 0.404 e. The molecule has 1 atom stereocenters. The molecule has 0 aromatic rings. The third-order valence-corrected chi connectivity index (χ3v) is 2.18. The van der Waals surface area contributed by atoms with E-state index in [0.29, 0.717) is 6.42 Å². The summed E-state index contributed by atoms with van der Waals surface area (Å²) in [7, 11) is 0. The molecule has 2 N–H and O–H groups in total. The van der Waals surface area contributed by atoms with E-state index in [0.717, 1.165) is 19.3 Å². The summed E-state index contributed by atoms with van der Waals surface area (Å²) in [5.74, 6) is 0.129. The van der Waals surface area contributed by atoms with Gasteiger partial charge in [-0.1, -0.05) is 6.42 Å². The lowest BCUT2D eigenvalue weighted by atomic mass is 9.88. The van der Waals surface area contributed by atoms with Crippen molar-refractivity contribution in [3.8, 4) is 0 Å². The quantitative estimate of drug-likeness (QED) is 0.651. The Bertz CT molecular complexity index is 191. The first-order chi connectivity index (χ1) is 5.70. The van der Waals surface area contributed by atoms with Gasteiger partial charge in [-0.05, 0) is 12.8 Å². The van der Waals surface area contributed by atoms with Crippen molar-refractivity contribution in [1.82, 2.24) is 5.32 Å². The van der Waals surface area contributed by atoms with Crippen LogP contribution in [0.2, 0.25) is 0 Å². The Hall–Kier alpha value is -1.06. The van der Waals surface area contributed by atoms with E-state index in [4.69, 9.17) is 5.11 Å². The van der Waals surface area contributed by atoms with Crippen molar-refractivity contribution < 1.29 is 14.7 Å². The standard InChI is InChI=1S/C8H13NO3/c10-7-4-2-1-3-6(7)5-9-8(11)12/h6,9H,1-5H2,(H,11,12). The third-order valence-electron chi connectivity index (χ3n) is 2.18. The van der Waals surface area contributed by atoms with Crippen molar-refractivity contribution in [3.63, 3.8) is 0 Å². The smallest absolute Gasteiger partial charge is 0.404 e. The van der Waals surface area contributed by atoms with Crippen LogP contribution in [0.4, 0.5) is 4.79 Å². The van der Waals surface area contributed by atoms with Gasteiger partial charge in [0.25, 0.3) is 0 Å². The highest BCUT2D eigenvalue weighted by molar-refractivity contribution is 5.82. The van der Waals surface area contributed by atoms with Gasteiger partial charge in [0.2, 0.25) is 0 Å². The van der Waals surface area contributed by atoms with Gasteiger partial charge in [0.05, 0.1) is 0 Å². The summed E-state index contributed by atoms with van der Waals surface area (Å²) < 4.78 is 0. The largest absolute Gasteiger partial charge is 0.465 e. The van der Waals surface area contributed by atoms with Crippen molar-refractivity contribution in [2.75, 3.05) is 6.54 Å². The lowest BCUT2D eigenvalue weighted by Crippen LogP contribution is -2.33. The Morgan fingerprint density at radius 1 is 1.58 bits per heavy atom. The van der Waals surface area contributed by atoms with Gasteiger partial charge in [0.15, 0.2) is 0 Å². The summed E-state index contributed by atoms with van der Waals surface area (Å²) in [5, 5.41) is 10.5. The number of amides is 1. The van der Waals surface area contributed by atoms with Gasteiger partial charge >= 0.3 is 6.09 Å². The first kappa shape index (κ1) is 9.03. The van der Waals surface area contributed by atoms with Crippen LogP contribution in [-0.4, -0.2) is 23.5 Å². The zero-order valence-electron chi connectivity index (χ0n) is 6.88. The number of Topliss-reactive ketones (excluding diaryl/α,β-unsaturated/α-hetero) is 1. The lowest BCUT2D eigenvalue weighted by Gasteiger charge is -2.19. The van der Waals surface area contributed by atoms with Crippen molar-refractivity contribution in [2.24, 2.45) is 5.92 Å². The molecule has 0 aromatic carbocycles. The third kappa shape index (κ3) is 2.53. The predicted octanol–water partition coefficient (Wildman–Crippen LogP) is 1.01. The lowest BCUT2D eigenvalue weighted by molar-refractivity contribution is -0.124. The summed E-state index contributed by atoms with van der Waals surface area (Å²) >= 11 is 0. The van der Waals surface area contributed by atoms with Crippen LogP contribution in [0.3, 0.4) is 0 Å². The average Bonchev–Trinajstić information content (AvgIpc) is 2.03. The fourth-order valence-electron chi connectivity index (χ4n) is 1.48. The molecule has 1 aliphatic carbocycles. The number of nitrogens with one attached hydrogen (secondary N) is 1. The molecular weight excluding hydrogens is 158 g/mol. The van der Waals surface area contributed by atoms with Gasteiger partial charge < -0.3 is 10.4 Å². The molecule has 1 aliphatic rings. The minimum atomic E-state index is -1.05. The van der Waals surface area contributed by atoms with Crippen molar-refractivity contribution in [2.45, 2.75) is 25.7 Å². The number of carboxylic acid groups (broad SMARTS) is 1. The molecule has 12 heavy (non-hydrogen) atoms. The molecule has 1 amide bonds. The van der Waals surface area contributed by atoms with E-state index >= 15 is 0 Å². The van der Waals surface area contributed by atoms with Crippen molar-refractivity contribution >= 4 is 11.9 Å². The van der Waals surface area contributed by atoms with Crippen LogP contribution in [0.1, 0.15) is 25.7 Å². The fourth-order valence-corrected chi connectivity index (χ4v) is 1.48. The second-order valence-corrected chi connectivity index (χ2v) is 3.10. The van der Waals surface area contributed by atoms with Crippen molar-refractivity contribution in [3.05, 3.63) is 0 Å². The molecule has 4 nitrogen and oxygen atoms in total. The molecule has 0 spiro atoms. The second-order valence-electron chi connectivity index (χ2n) is 3.10. The monoisotopic (exact) mass is 171 g/mol. The molecule has 0 aliphatic heterocycles. The topological polar surface area (TPSA) is 66.4 Å². The molecule has 68 valence electrons. The molecule has 0 heterocycles. The Labute approximate surface area is 71.0 Å². The average molecular weight is 171 g/mol. The van der Waals surface area contributed by atoms with Crippen LogP contribution in [-0.2, 0) is 4.79 Å². The van der Waals surface area contributed by atoms with E-state index < -0.39 is 6.09 Å². The zero-order chi connectivity index (χ0) is 8.97. The minimum absolute atomic E-state index is 0.0742. The van der Waals surface area contributed by atoms with Gasteiger partial charge in [0.1, 0.15) is 5.78 Å². The highest BCUT2D eigenvalue weighted by Crippen LogP contribution is 2.19. The summed E-state index contributed by atoms with van der Waals surface area (Å²) in [6.07, 6.45) is 2.40. The molecule has 0 radical (unpaired) electrons. The van der Waals surface area contributed by atoms with Gasteiger partial charge in [-0.3, -0.25) is 4.79 Å². The van der Waals surface area contributed by atoms with Crippen molar-refractivity contribution in [1.29, 1.82) is 0 Å². The first-order valence-electron chi connectivity index (χ1n) is 4.19. The van der Waals surface area contributed by atoms with Crippen LogP contribution in [0, 0.1) is 5.92 Å². The zero-order valence-corrected chi connectivity index (χ0v) is 6.88. The summed E-state index contributed by atoms with van der Waals surface area (Å²) in [6, 6.07) is 0. The van der Waals surface area contributed by atoms with E-state index in [9.17, 15) is 9.59 Å². The first-order valence-corrected chi connectivity index (χ1v) is 4.19. The van der Waals surface area contributed by atoms with E-state index in [1.54, 1.807) is 0 Å². The summed E-state index contributed by atoms with van der Waals surface area (Å²) in [6.45, 7) is 0.286. The molecular formula is C8H13NO3. The van der Waals surface area contributed by atoms with E-state index in [2.05, 4.69) is 5.32 Å². The van der Waals surface area contributed by atoms with Gasteiger partial charge in [-0.25, -0.2) is 4.79 Å². The van der Waals surface area contributed by atoms with Crippen LogP contribution in [0.15, 0.2) is 0 Å². The molecule has 0 aromatic heterocycles. The molecule has 1 saturated carbocycles. The summed E-state index contributed by atoms with van der Waals surface area (Å²) in [4.78, 5) is 21.3.